The van der Waals surface area contributed by atoms with E-state index in [1.54, 1.807) is 37.4 Å². The predicted octanol–water partition coefficient (Wildman–Crippen LogP) is 2.14. The lowest BCUT2D eigenvalue weighted by atomic mass is 10.3. The van der Waals surface area contributed by atoms with E-state index in [2.05, 4.69) is 15.5 Å². The highest BCUT2D eigenvalue weighted by Crippen LogP contribution is 2.07. The summed E-state index contributed by atoms with van der Waals surface area (Å²) in [6, 6.07) is 8.76. The zero-order valence-electron chi connectivity index (χ0n) is 10.2. The van der Waals surface area contributed by atoms with Crippen LogP contribution in [0.1, 0.15) is 28.9 Å². The van der Waals surface area contributed by atoms with Gasteiger partial charge in [-0.2, -0.15) is 5.10 Å². The van der Waals surface area contributed by atoms with E-state index in [-0.39, 0.29) is 5.91 Å². The van der Waals surface area contributed by atoms with Gasteiger partial charge in [0.25, 0.3) is 5.91 Å². The van der Waals surface area contributed by atoms with Gasteiger partial charge in [-0.05, 0) is 38.1 Å². The van der Waals surface area contributed by atoms with E-state index in [4.69, 9.17) is 4.42 Å². The number of rotatable bonds is 3. The van der Waals surface area contributed by atoms with Crippen molar-refractivity contribution in [2.24, 2.45) is 5.10 Å². The largest absolute Gasteiger partial charge is 0.460 e. The van der Waals surface area contributed by atoms with E-state index >= 15 is 0 Å². The average Bonchev–Trinajstić information content (AvgIpc) is 2.83. The molecule has 0 unspecified atom stereocenters. The molecule has 1 amide bonds. The Morgan fingerprint density at radius 1 is 1.33 bits per heavy atom. The van der Waals surface area contributed by atoms with Gasteiger partial charge in [-0.25, -0.2) is 5.43 Å². The van der Waals surface area contributed by atoms with E-state index in [9.17, 15) is 4.79 Å². The molecule has 0 bridgehead atoms. The molecule has 0 radical (unpaired) electrons. The van der Waals surface area contributed by atoms with Crippen LogP contribution in [0.3, 0.4) is 0 Å². The van der Waals surface area contributed by atoms with Crippen LogP contribution in [0.25, 0.3) is 0 Å². The Morgan fingerprint density at radius 2 is 2.17 bits per heavy atom. The van der Waals surface area contributed by atoms with Gasteiger partial charge in [0.15, 0.2) is 0 Å². The second-order valence-electron chi connectivity index (χ2n) is 3.76. The third kappa shape index (κ3) is 2.82. The molecule has 5 nitrogen and oxygen atoms in total. The number of carbonyl (C=O) groups excluding carboxylic acids is 1. The minimum absolute atomic E-state index is 0.324. The van der Waals surface area contributed by atoms with Crippen molar-refractivity contribution in [2.75, 3.05) is 0 Å². The van der Waals surface area contributed by atoms with E-state index in [1.165, 1.54) is 0 Å². The number of pyridine rings is 1. The lowest BCUT2D eigenvalue weighted by Crippen LogP contribution is -2.20. The van der Waals surface area contributed by atoms with E-state index in [0.29, 0.717) is 17.2 Å². The summed E-state index contributed by atoms with van der Waals surface area (Å²) in [6.45, 7) is 3.61. The molecule has 2 aromatic heterocycles. The van der Waals surface area contributed by atoms with Crippen molar-refractivity contribution in [3.63, 3.8) is 0 Å². The number of furan rings is 1. The van der Waals surface area contributed by atoms with Crippen molar-refractivity contribution in [2.45, 2.75) is 13.8 Å². The quantitative estimate of drug-likeness (QED) is 0.663. The highest BCUT2D eigenvalue weighted by molar-refractivity contribution is 5.98. The minimum atomic E-state index is -0.349. The number of amides is 1. The normalized spacial score (nSPS) is 11.3. The Morgan fingerprint density at radius 3 is 2.78 bits per heavy atom. The predicted molar refractivity (Wildman–Crippen MR) is 67.4 cm³/mol. The first-order chi connectivity index (χ1) is 8.66. The molecule has 0 aromatic carbocycles. The first kappa shape index (κ1) is 12.0. The van der Waals surface area contributed by atoms with Crippen molar-refractivity contribution < 1.29 is 9.21 Å². The molecule has 1 N–H and O–H groups in total. The summed E-state index contributed by atoms with van der Waals surface area (Å²) in [5.41, 5.74) is 3.36. The summed E-state index contributed by atoms with van der Waals surface area (Å²) in [6.07, 6.45) is 1.56. The van der Waals surface area contributed by atoms with Crippen LogP contribution in [-0.2, 0) is 0 Å². The topological polar surface area (TPSA) is 67.5 Å². The van der Waals surface area contributed by atoms with Crippen LogP contribution in [0.15, 0.2) is 46.0 Å². The van der Waals surface area contributed by atoms with Crippen LogP contribution < -0.4 is 5.43 Å². The Balaban J connectivity index is 2.05. The number of hydrogen-bond acceptors (Lipinski definition) is 4. The monoisotopic (exact) mass is 243 g/mol. The van der Waals surface area contributed by atoms with Crippen LogP contribution >= 0.6 is 0 Å². The molecule has 0 atom stereocenters. The molecule has 0 fully saturated rings. The standard InChI is InChI=1S/C13H13N3O2/c1-9-6-7-12(18-9)10(2)15-16-13(17)11-5-3-4-8-14-11/h3-8H,1-2H3,(H,16,17). The third-order valence-corrected chi connectivity index (χ3v) is 2.32. The Bertz CT molecular complexity index is 573. The summed E-state index contributed by atoms with van der Waals surface area (Å²) in [5.74, 6) is 1.09. The van der Waals surface area contributed by atoms with E-state index in [0.717, 1.165) is 5.76 Å². The van der Waals surface area contributed by atoms with Crippen LogP contribution in [0, 0.1) is 6.92 Å². The van der Waals surface area contributed by atoms with Crippen molar-refractivity contribution in [1.29, 1.82) is 0 Å². The molecule has 18 heavy (non-hydrogen) atoms. The van der Waals surface area contributed by atoms with Crippen molar-refractivity contribution in [1.82, 2.24) is 10.4 Å². The number of nitrogens with one attached hydrogen (secondary N) is 1. The third-order valence-electron chi connectivity index (χ3n) is 2.32. The maximum Gasteiger partial charge on any atom is 0.289 e. The van der Waals surface area contributed by atoms with Crippen LogP contribution in [0.5, 0.6) is 0 Å². The molecule has 5 heteroatoms. The summed E-state index contributed by atoms with van der Waals surface area (Å²) < 4.78 is 5.39. The second-order valence-corrected chi connectivity index (χ2v) is 3.76. The first-order valence-corrected chi connectivity index (χ1v) is 5.49. The SMILES string of the molecule is CC(=NNC(=O)c1ccccn1)c1ccc(C)o1. The molecule has 2 heterocycles. The lowest BCUT2D eigenvalue weighted by Gasteiger charge is -2.00. The Kier molecular flexibility index (Phi) is 3.52. The zero-order chi connectivity index (χ0) is 13.0. The van der Waals surface area contributed by atoms with Gasteiger partial charge in [0.05, 0.1) is 0 Å². The van der Waals surface area contributed by atoms with Gasteiger partial charge < -0.3 is 4.42 Å². The summed E-state index contributed by atoms with van der Waals surface area (Å²) in [4.78, 5) is 15.6. The molecule has 0 aliphatic carbocycles. The number of aromatic nitrogens is 1. The lowest BCUT2D eigenvalue weighted by molar-refractivity contribution is 0.0950. The molecule has 2 aromatic rings. The van der Waals surface area contributed by atoms with Gasteiger partial charge in [0.2, 0.25) is 0 Å². The molecule has 0 saturated heterocycles. The minimum Gasteiger partial charge on any atom is -0.460 e. The van der Waals surface area contributed by atoms with E-state index < -0.39 is 0 Å². The summed E-state index contributed by atoms with van der Waals surface area (Å²) in [7, 11) is 0. The number of hydrogen-bond donors (Lipinski definition) is 1. The fourth-order valence-electron chi connectivity index (χ4n) is 1.37. The number of aryl methyl sites for hydroxylation is 1. The van der Waals surface area contributed by atoms with Gasteiger partial charge in [0, 0.05) is 6.20 Å². The average molecular weight is 243 g/mol. The van der Waals surface area contributed by atoms with E-state index in [1.807, 2.05) is 13.0 Å². The van der Waals surface area contributed by atoms with Gasteiger partial charge in [0.1, 0.15) is 22.9 Å². The van der Waals surface area contributed by atoms with Gasteiger partial charge in [-0.15, -0.1) is 0 Å². The van der Waals surface area contributed by atoms with Crippen LogP contribution in [0.4, 0.5) is 0 Å². The van der Waals surface area contributed by atoms with Gasteiger partial charge in [-0.3, -0.25) is 9.78 Å². The molecule has 0 aliphatic rings. The smallest absolute Gasteiger partial charge is 0.289 e. The number of hydrazone groups is 1. The van der Waals surface area contributed by atoms with Gasteiger partial charge in [-0.1, -0.05) is 6.07 Å². The Labute approximate surface area is 105 Å². The molecular formula is C13H13N3O2. The number of carbonyl (C=O) groups is 1. The van der Waals surface area contributed by atoms with Gasteiger partial charge >= 0.3 is 0 Å². The maximum absolute atomic E-state index is 11.7. The molecule has 0 saturated carbocycles. The molecule has 92 valence electrons. The van der Waals surface area contributed by atoms with Crippen LogP contribution in [-0.4, -0.2) is 16.6 Å². The highest BCUT2D eigenvalue weighted by Gasteiger charge is 2.06. The Hall–Kier alpha value is -2.43. The van der Waals surface area contributed by atoms with Crippen LogP contribution in [0.2, 0.25) is 0 Å². The van der Waals surface area contributed by atoms with Crippen molar-refractivity contribution >= 4 is 11.6 Å². The fourth-order valence-corrected chi connectivity index (χ4v) is 1.37. The second kappa shape index (κ2) is 5.27. The highest BCUT2D eigenvalue weighted by atomic mass is 16.3. The summed E-state index contributed by atoms with van der Waals surface area (Å²) in [5, 5.41) is 3.97. The zero-order valence-corrected chi connectivity index (χ0v) is 10.2. The molecular weight excluding hydrogens is 230 g/mol. The first-order valence-electron chi connectivity index (χ1n) is 5.49. The summed E-state index contributed by atoms with van der Waals surface area (Å²) >= 11 is 0. The molecule has 0 spiro atoms. The fraction of sp³-hybridized carbons (Fsp3) is 0.154. The molecule has 0 aliphatic heterocycles. The van der Waals surface area contributed by atoms with Crippen molar-refractivity contribution in [3.8, 4) is 0 Å². The number of nitrogens with zero attached hydrogens (tertiary/aromatic N) is 2. The van der Waals surface area contributed by atoms with Crippen molar-refractivity contribution in [3.05, 3.63) is 53.7 Å². The molecule has 2 rings (SSSR count). The maximum atomic E-state index is 11.7.